The number of ketones is 1. The van der Waals surface area contributed by atoms with Crippen molar-refractivity contribution in [1.29, 1.82) is 0 Å². The first-order valence-corrected chi connectivity index (χ1v) is 7.02. The second-order valence-electron chi connectivity index (χ2n) is 4.55. The van der Waals surface area contributed by atoms with Gasteiger partial charge in [0.15, 0.2) is 5.78 Å². The highest BCUT2D eigenvalue weighted by Crippen LogP contribution is 2.21. The summed E-state index contributed by atoms with van der Waals surface area (Å²) >= 11 is 0. The van der Waals surface area contributed by atoms with Crippen molar-refractivity contribution < 1.29 is 14.3 Å². The van der Waals surface area contributed by atoms with Crippen LogP contribution >= 0.6 is 0 Å². The maximum absolute atomic E-state index is 11.0. The van der Waals surface area contributed by atoms with Crippen LogP contribution in [0.3, 0.4) is 0 Å². The summed E-state index contributed by atoms with van der Waals surface area (Å²) in [5, 5.41) is 0. The molecule has 0 spiro atoms. The molecule has 0 atom stereocenters. The zero-order valence-electron chi connectivity index (χ0n) is 12.1. The van der Waals surface area contributed by atoms with E-state index in [1.54, 1.807) is 12.4 Å². The van der Waals surface area contributed by atoms with Gasteiger partial charge in [-0.25, -0.2) is 0 Å². The number of Topliss-reactive ketones (excluding diaryl/α,β-unsaturated/α-hetero) is 1. The van der Waals surface area contributed by atoms with Crippen molar-refractivity contribution >= 4 is 5.78 Å². The van der Waals surface area contributed by atoms with Gasteiger partial charge < -0.3 is 9.47 Å². The van der Waals surface area contributed by atoms with Crippen LogP contribution in [0.2, 0.25) is 0 Å². The first-order valence-electron chi connectivity index (χ1n) is 7.02. The van der Waals surface area contributed by atoms with Gasteiger partial charge in [-0.15, -0.1) is 0 Å². The van der Waals surface area contributed by atoms with Crippen LogP contribution in [0.4, 0.5) is 0 Å². The number of aromatic nitrogens is 1. The molecule has 0 fully saturated rings. The molecular weight excluding hydrogens is 266 g/mol. The number of hydrogen-bond donors (Lipinski definition) is 0. The van der Waals surface area contributed by atoms with E-state index in [2.05, 4.69) is 4.98 Å². The fraction of sp³-hybridized carbons (Fsp3) is 0.294. The van der Waals surface area contributed by atoms with E-state index in [4.69, 9.17) is 9.47 Å². The molecule has 0 saturated carbocycles. The zero-order chi connectivity index (χ0) is 14.9. The highest BCUT2D eigenvalue weighted by atomic mass is 16.5. The predicted octanol–water partition coefficient (Wildman–Crippen LogP) is 3.12. The lowest BCUT2D eigenvalue weighted by Crippen LogP contribution is -2.12. The third-order valence-electron chi connectivity index (χ3n) is 3.02. The lowest BCUT2D eigenvalue weighted by molar-refractivity contribution is -0.123. The summed E-state index contributed by atoms with van der Waals surface area (Å²) in [5.74, 6) is 0.898. The number of rotatable bonds is 8. The lowest BCUT2D eigenvalue weighted by Gasteiger charge is -2.07. The minimum absolute atomic E-state index is 0.108. The van der Waals surface area contributed by atoms with Gasteiger partial charge in [0.25, 0.3) is 0 Å². The van der Waals surface area contributed by atoms with E-state index >= 15 is 0 Å². The highest BCUT2D eigenvalue weighted by molar-refractivity contribution is 5.79. The Morgan fingerprint density at radius 1 is 1.00 bits per heavy atom. The first kappa shape index (κ1) is 15.2. The van der Waals surface area contributed by atoms with E-state index < -0.39 is 0 Å². The van der Waals surface area contributed by atoms with Gasteiger partial charge in [-0.2, -0.15) is 0 Å². The van der Waals surface area contributed by atoms with Gasteiger partial charge in [0.05, 0.1) is 6.61 Å². The second kappa shape index (κ2) is 8.17. The van der Waals surface area contributed by atoms with Crippen molar-refractivity contribution in [2.24, 2.45) is 0 Å². The molecular formula is C17H19NO3. The molecule has 0 aliphatic carbocycles. The minimum Gasteiger partial charge on any atom is -0.491 e. The third-order valence-corrected chi connectivity index (χ3v) is 3.02. The van der Waals surface area contributed by atoms with E-state index in [-0.39, 0.29) is 12.4 Å². The smallest absolute Gasteiger partial charge is 0.158 e. The van der Waals surface area contributed by atoms with Gasteiger partial charge >= 0.3 is 0 Å². The van der Waals surface area contributed by atoms with Crippen LogP contribution in [0, 0.1) is 0 Å². The maximum atomic E-state index is 11.0. The molecule has 0 radical (unpaired) electrons. The highest BCUT2D eigenvalue weighted by Gasteiger charge is 2.00. The average Bonchev–Trinajstić information content (AvgIpc) is 2.55. The van der Waals surface area contributed by atoms with Crippen LogP contribution in [0.5, 0.6) is 5.75 Å². The van der Waals surface area contributed by atoms with Gasteiger partial charge in [-0.3, -0.25) is 9.78 Å². The molecule has 0 saturated heterocycles. The quantitative estimate of drug-likeness (QED) is 0.699. The van der Waals surface area contributed by atoms with E-state index in [1.807, 2.05) is 43.3 Å². The number of nitrogens with zero attached hydrogens (tertiary/aromatic N) is 1. The van der Waals surface area contributed by atoms with Crippen molar-refractivity contribution in [3.63, 3.8) is 0 Å². The largest absolute Gasteiger partial charge is 0.491 e. The normalized spacial score (nSPS) is 10.3. The molecule has 0 aliphatic rings. The van der Waals surface area contributed by atoms with Crippen LogP contribution in [0.15, 0.2) is 48.8 Å². The van der Waals surface area contributed by atoms with Crippen LogP contribution in [-0.4, -0.2) is 30.6 Å². The molecule has 1 aromatic heterocycles. The summed E-state index contributed by atoms with van der Waals surface area (Å²) in [5.41, 5.74) is 2.24. The predicted molar refractivity (Wildman–Crippen MR) is 81.3 cm³/mol. The zero-order valence-corrected chi connectivity index (χ0v) is 12.1. The van der Waals surface area contributed by atoms with Crippen LogP contribution in [0.1, 0.15) is 13.3 Å². The third kappa shape index (κ3) is 5.00. The molecule has 0 amide bonds. The number of carbonyl (C=O) groups excluding carboxylic acids is 1. The van der Waals surface area contributed by atoms with Crippen molar-refractivity contribution in [3.05, 3.63) is 48.8 Å². The lowest BCUT2D eigenvalue weighted by atomic mass is 10.1. The van der Waals surface area contributed by atoms with Crippen molar-refractivity contribution in [3.8, 4) is 16.9 Å². The Kier molecular flexibility index (Phi) is 5.91. The number of ether oxygens (including phenoxy) is 2. The molecule has 4 heteroatoms. The van der Waals surface area contributed by atoms with Gasteiger partial charge in [0.1, 0.15) is 19.0 Å². The SMILES string of the molecule is CCC(=O)COCCOc1ccc(-c2ccncc2)cc1. The summed E-state index contributed by atoms with van der Waals surface area (Å²) in [6.07, 6.45) is 4.06. The fourth-order valence-electron chi connectivity index (χ4n) is 1.79. The monoisotopic (exact) mass is 285 g/mol. The molecule has 2 aromatic rings. The Morgan fingerprint density at radius 3 is 2.33 bits per heavy atom. The molecule has 1 aromatic carbocycles. The molecule has 4 nitrogen and oxygen atoms in total. The second-order valence-corrected chi connectivity index (χ2v) is 4.55. The van der Waals surface area contributed by atoms with Crippen molar-refractivity contribution in [2.75, 3.05) is 19.8 Å². The minimum atomic E-state index is 0.108. The van der Waals surface area contributed by atoms with Crippen LogP contribution in [0.25, 0.3) is 11.1 Å². The van der Waals surface area contributed by atoms with Crippen molar-refractivity contribution in [1.82, 2.24) is 4.98 Å². The summed E-state index contributed by atoms with van der Waals surface area (Å²) < 4.78 is 10.8. The Balaban J connectivity index is 1.77. The summed E-state index contributed by atoms with van der Waals surface area (Å²) in [4.78, 5) is 15.0. The summed E-state index contributed by atoms with van der Waals surface area (Å²) in [6, 6.07) is 11.8. The number of carbonyl (C=O) groups is 1. The molecule has 110 valence electrons. The molecule has 0 N–H and O–H groups in total. The molecule has 0 unspecified atom stereocenters. The maximum Gasteiger partial charge on any atom is 0.158 e. The van der Waals surface area contributed by atoms with Gasteiger partial charge in [-0.05, 0) is 35.4 Å². The Bertz CT molecular complexity index is 552. The Morgan fingerprint density at radius 2 is 1.67 bits per heavy atom. The van der Waals surface area contributed by atoms with Gasteiger partial charge in [0.2, 0.25) is 0 Å². The number of hydrogen-bond acceptors (Lipinski definition) is 4. The van der Waals surface area contributed by atoms with E-state index in [9.17, 15) is 4.79 Å². The molecule has 0 bridgehead atoms. The van der Waals surface area contributed by atoms with Gasteiger partial charge in [-0.1, -0.05) is 19.1 Å². The Hall–Kier alpha value is -2.20. The summed E-state index contributed by atoms with van der Waals surface area (Å²) in [7, 11) is 0. The number of benzene rings is 1. The average molecular weight is 285 g/mol. The van der Waals surface area contributed by atoms with E-state index in [1.165, 1.54) is 0 Å². The molecule has 21 heavy (non-hydrogen) atoms. The van der Waals surface area contributed by atoms with E-state index in [0.717, 1.165) is 16.9 Å². The Labute approximate surface area is 124 Å². The molecule has 1 heterocycles. The topological polar surface area (TPSA) is 48.4 Å². The van der Waals surface area contributed by atoms with Crippen LogP contribution < -0.4 is 4.74 Å². The fourth-order valence-corrected chi connectivity index (χ4v) is 1.79. The van der Waals surface area contributed by atoms with Crippen molar-refractivity contribution in [2.45, 2.75) is 13.3 Å². The molecule has 0 aliphatic heterocycles. The van der Waals surface area contributed by atoms with Gasteiger partial charge in [0, 0.05) is 18.8 Å². The van der Waals surface area contributed by atoms with Crippen LogP contribution in [-0.2, 0) is 9.53 Å². The van der Waals surface area contributed by atoms with E-state index in [0.29, 0.717) is 19.6 Å². The summed E-state index contributed by atoms with van der Waals surface area (Å²) in [6.45, 7) is 2.84. The molecule has 2 rings (SSSR count). The standard InChI is InChI=1S/C17H19NO3/c1-2-16(19)13-20-11-12-21-17-5-3-14(4-6-17)15-7-9-18-10-8-15/h3-10H,2,11-13H2,1H3. The first-order chi connectivity index (χ1) is 10.3. The number of pyridine rings is 1.